The fraction of sp³-hybridized carbons (Fsp3) is 0.333. The van der Waals surface area contributed by atoms with Crippen LogP contribution < -0.4 is 5.32 Å². The third-order valence-electron chi connectivity index (χ3n) is 3.88. The largest absolute Gasteiger partial charge is 0.481 e. The van der Waals surface area contributed by atoms with Crippen molar-refractivity contribution in [3.63, 3.8) is 0 Å². The quantitative estimate of drug-likeness (QED) is 0.784. The van der Waals surface area contributed by atoms with Crippen molar-refractivity contribution in [3.05, 3.63) is 57.5 Å². The van der Waals surface area contributed by atoms with Gasteiger partial charge in [0.15, 0.2) is 0 Å². The molecule has 1 amide bonds. The summed E-state index contributed by atoms with van der Waals surface area (Å²) < 4.78 is 6.20. The van der Waals surface area contributed by atoms with Gasteiger partial charge in [-0.1, -0.05) is 48.0 Å². The van der Waals surface area contributed by atoms with Gasteiger partial charge in [-0.05, 0) is 18.6 Å². The third kappa shape index (κ3) is 4.06. The zero-order chi connectivity index (χ0) is 17.9. The van der Waals surface area contributed by atoms with Gasteiger partial charge < -0.3 is 14.8 Å². The molecule has 0 saturated heterocycles. The fourth-order valence-corrected chi connectivity index (χ4v) is 3.39. The molecule has 2 N–H and O–H groups in total. The number of carbonyl (C=O) groups excluding carboxylic acids is 1. The molecule has 0 spiro atoms. The first kappa shape index (κ1) is 18.3. The van der Waals surface area contributed by atoms with Gasteiger partial charge in [-0.2, -0.15) is 0 Å². The molecule has 0 aliphatic carbocycles. The van der Waals surface area contributed by atoms with Crippen molar-refractivity contribution in [2.75, 3.05) is 6.54 Å². The van der Waals surface area contributed by atoms with E-state index in [9.17, 15) is 9.59 Å². The van der Waals surface area contributed by atoms with E-state index in [4.69, 9.17) is 9.52 Å². The number of hydrogen-bond donors (Lipinski definition) is 2. The van der Waals surface area contributed by atoms with E-state index in [1.807, 2.05) is 38.1 Å². The summed E-state index contributed by atoms with van der Waals surface area (Å²) in [5, 5.41) is 11.8. The van der Waals surface area contributed by atoms with Crippen molar-refractivity contribution >= 4 is 27.8 Å². The SMILES string of the molecule is Cc1coc(CC(=O)O)c1C(=O)NCC(C)(C)c1ccccc1Br. The first-order valence-electron chi connectivity index (χ1n) is 7.54. The number of carboxylic acids is 1. The van der Waals surface area contributed by atoms with Crippen LogP contribution >= 0.6 is 15.9 Å². The number of rotatable bonds is 6. The Morgan fingerprint density at radius 3 is 2.58 bits per heavy atom. The van der Waals surface area contributed by atoms with E-state index in [1.165, 1.54) is 6.26 Å². The fourth-order valence-electron chi connectivity index (χ4n) is 2.57. The average Bonchev–Trinajstić information content (AvgIpc) is 2.85. The summed E-state index contributed by atoms with van der Waals surface area (Å²) in [5.74, 6) is -1.18. The molecule has 6 heteroatoms. The van der Waals surface area contributed by atoms with E-state index in [0.29, 0.717) is 17.7 Å². The molecule has 5 nitrogen and oxygen atoms in total. The minimum atomic E-state index is -1.04. The van der Waals surface area contributed by atoms with Gasteiger partial charge in [-0.15, -0.1) is 0 Å². The second kappa shape index (κ2) is 7.21. The number of halogens is 1. The van der Waals surface area contributed by atoms with Crippen molar-refractivity contribution in [1.82, 2.24) is 5.32 Å². The molecule has 0 bridgehead atoms. The maximum Gasteiger partial charge on any atom is 0.311 e. The maximum absolute atomic E-state index is 12.5. The molecule has 0 radical (unpaired) electrons. The van der Waals surface area contributed by atoms with Crippen LogP contribution in [0.4, 0.5) is 0 Å². The standard InChI is InChI=1S/C18H20BrNO4/c1-11-9-24-14(8-15(21)22)16(11)17(23)20-10-18(2,3)12-6-4-5-7-13(12)19/h4-7,9H,8,10H2,1-3H3,(H,20,23)(H,21,22). The Hall–Kier alpha value is -2.08. The molecule has 0 aliphatic heterocycles. The molecule has 0 fully saturated rings. The summed E-state index contributed by atoms with van der Waals surface area (Å²) in [6, 6.07) is 7.86. The highest BCUT2D eigenvalue weighted by Crippen LogP contribution is 2.29. The highest BCUT2D eigenvalue weighted by Gasteiger charge is 2.26. The molecule has 0 atom stereocenters. The van der Waals surface area contributed by atoms with Gasteiger partial charge >= 0.3 is 5.97 Å². The van der Waals surface area contributed by atoms with Gasteiger partial charge in [0, 0.05) is 22.0 Å². The molecule has 0 unspecified atom stereocenters. The number of benzene rings is 1. The Balaban J connectivity index is 2.15. The van der Waals surface area contributed by atoms with Crippen molar-refractivity contribution in [3.8, 4) is 0 Å². The maximum atomic E-state index is 12.5. The van der Waals surface area contributed by atoms with E-state index in [2.05, 4.69) is 21.2 Å². The van der Waals surface area contributed by atoms with Crippen LogP contribution in [0, 0.1) is 6.92 Å². The normalized spacial score (nSPS) is 11.3. The third-order valence-corrected chi connectivity index (χ3v) is 4.58. The second-order valence-electron chi connectivity index (χ2n) is 6.33. The lowest BCUT2D eigenvalue weighted by Crippen LogP contribution is -2.37. The molecule has 0 saturated carbocycles. The van der Waals surface area contributed by atoms with E-state index in [1.54, 1.807) is 6.92 Å². The first-order valence-corrected chi connectivity index (χ1v) is 8.33. The summed E-state index contributed by atoms with van der Waals surface area (Å²) in [5.41, 5.74) is 1.73. The van der Waals surface area contributed by atoms with Crippen LogP contribution in [0.1, 0.15) is 41.1 Å². The smallest absolute Gasteiger partial charge is 0.311 e. The number of carboxylic acid groups (broad SMARTS) is 1. The molecular formula is C18H20BrNO4. The van der Waals surface area contributed by atoms with E-state index >= 15 is 0 Å². The van der Waals surface area contributed by atoms with Crippen LogP contribution in [0.2, 0.25) is 0 Å². The van der Waals surface area contributed by atoms with Crippen molar-refractivity contribution in [1.29, 1.82) is 0 Å². The highest BCUT2D eigenvalue weighted by molar-refractivity contribution is 9.10. The number of furan rings is 1. The van der Waals surface area contributed by atoms with Crippen LogP contribution in [-0.2, 0) is 16.6 Å². The predicted molar refractivity (Wildman–Crippen MR) is 94.3 cm³/mol. The Morgan fingerprint density at radius 2 is 1.96 bits per heavy atom. The van der Waals surface area contributed by atoms with Crippen LogP contribution in [0.5, 0.6) is 0 Å². The molecule has 2 aromatic rings. The molecule has 2 rings (SSSR count). The zero-order valence-electron chi connectivity index (χ0n) is 13.9. The second-order valence-corrected chi connectivity index (χ2v) is 7.19. The lowest BCUT2D eigenvalue weighted by molar-refractivity contribution is -0.136. The number of nitrogens with one attached hydrogen (secondary N) is 1. The number of amides is 1. The molecular weight excluding hydrogens is 374 g/mol. The summed E-state index contributed by atoms with van der Waals surface area (Å²) in [7, 11) is 0. The monoisotopic (exact) mass is 393 g/mol. The van der Waals surface area contributed by atoms with Crippen molar-refractivity contribution < 1.29 is 19.1 Å². The number of aliphatic carboxylic acids is 1. The summed E-state index contributed by atoms with van der Waals surface area (Å²) >= 11 is 3.54. The average molecular weight is 394 g/mol. The van der Waals surface area contributed by atoms with Crippen LogP contribution in [0.25, 0.3) is 0 Å². The highest BCUT2D eigenvalue weighted by atomic mass is 79.9. The summed E-state index contributed by atoms with van der Waals surface area (Å²) in [6.07, 6.45) is 1.09. The van der Waals surface area contributed by atoms with Crippen molar-refractivity contribution in [2.45, 2.75) is 32.6 Å². The first-order chi connectivity index (χ1) is 11.2. The minimum Gasteiger partial charge on any atom is -0.481 e. The molecule has 24 heavy (non-hydrogen) atoms. The van der Waals surface area contributed by atoms with E-state index < -0.39 is 5.97 Å². The van der Waals surface area contributed by atoms with Crippen LogP contribution in [0.3, 0.4) is 0 Å². The van der Waals surface area contributed by atoms with Gasteiger partial charge in [0.25, 0.3) is 5.91 Å². The lowest BCUT2D eigenvalue weighted by atomic mass is 9.84. The Kier molecular flexibility index (Phi) is 5.49. The topological polar surface area (TPSA) is 79.5 Å². The van der Waals surface area contributed by atoms with Gasteiger partial charge in [-0.25, -0.2) is 0 Å². The Morgan fingerprint density at radius 1 is 1.29 bits per heavy atom. The predicted octanol–water partition coefficient (Wildman–Crippen LogP) is 3.69. The lowest BCUT2D eigenvalue weighted by Gasteiger charge is -2.27. The summed E-state index contributed by atoms with van der Waals surface area (Å²) in [4.78, 5) is 23.4. The number of hydrogen-bond acceptors (Lipinski definition) is 3. The Labute approximate surface area is 149 Å². The van der Waals surface area contributed by atoms with Gasteiger partial charge in [-0.3, -0.25) is 9.59 Å². The number of carbonyl (C=O) groups is 2. The van der Waals surface area contributed by atoms with E-state index in [-0.39, 0.29) is 23.5 Å². The zero-order valence-corrected chi connectivity index (χ0v) is 15.4. The minimum absolute atomic E-state index is 0.177. The van der Waals surface area contributed by atoms with Gasteiger partial charge in [0.1, 0.15) is 12.2 Å². The van der Waals surface area contributed by atoms with Crippen LogP contribution in [-0.4, -0.2) is 23.5 Å². The van der Waals surface area contributed by atoms with Gasteiger partial charge in [0.2, 0.25) is 0 Å². The molecule has 0 aliphatic rings. The van der Waals surface area contributed by atoms with Crippen molar-refractivity contribution in [2.24, 2.45) is 0 Å². The summed E-state index contributed by atoms with van der Waals surface area (Å²) in [6.45, 7) is 6.20. The Bertz CT molecular complexity index is 764. The van der Waals surface area contributed by atoms with Crippen LogP contribution in [0.15, 0.2) is 39.4 Å². The number of aryl methyl sites for hydroxylation is 1. The van der Waals surface area contributed by atoms with Gasteiger partial charge in [0.05, 0.1) is 11.8 Å². The van der Waals surface area contributed by atoms with E-state index in [0.717, 1.165) is 10.0 Å². The molecule has 1 aromatic heterocycles. The molecule has 1 heterocycles. The molecule has 128 valence electrons. The molecule has 1 aromatic carbocycles.